The molecule has 0 aliphatic carbocycles. The Kier molecular flexibility index (Phi) is 8.01. The molecule has 2 aromatic carbocycles. The molecular weight excluding hydrogens is 450 g/mol. The number of nitrogens with zero attached hydrogens (tertiary/aromatic N) is 3. The summed E-state index contributed by atoms with van der Waals surface area (Å²) >= 11 is 1.50. The second-order valence-electron chi connectivity index (χ2n) is 7.10. The van der Waals surface area contributed by atoms with Gasteiger partial charge in [0.2, 0.25) is 15.9 Å². The summed E-state index contributed by atoms with van der Waals surface area (Å²) in [5, 5.41) is 8.85. The quantitative estimate of drug-likeness (QED) is 0.578. The number of hydrogen-bond donors (Lipinski definition) is 0. The Hall–Kier alpha value is -2.74. The molecule has 3 rings (SSSR count). The molecule has 32 heavy (non-hydrogen) atoms. The van der Waals surface area contributed by atoms with Gasteiger partial charge in [-0.15, -0.1) is 11.8 Å². The summed E-state index contributed by atoms with van der Waals surface area (Å²) in [5.74, 6) is 1.65. The van der Waals surface area contributed by atoms with E-state index < -0.39 is 10.0 Å². The van der Waals surface area contributed by atoms with Crippen LogP contribution < -0.4 is 9.47 Å². The average molecular weight is 476 g/mol. The topological polar surface area (TPSA) is 99.9 Å². The molecular formula is C22H25N3O5S2. The predicted molar refractivity (Wildman–Crippen MR) is 122 cm³/mol. The van der Waals surface area contributed by atoms with Gasteiger partial charge >= 0.3 is 0 Å². The van der Waals surface area contributed by atoms with Gasteiger partial charge in [-0.2, -0.15) is 9.57 Å². The number of sulfonamides is 1. The summed E-state index contributed by atoms with van der Waals surface area (Å²) in [6, 6.07) is 14.0. The van der Waals surface area contributed by atoms with E-state index >= 15 is 0 Å². The van der Waals surface area contributed by atoms with Crippen molar-refractivity contribution in [1.82, 2.24) is 9.21 Å². The van der Waals surface area contributed by atoms with Crippen molar-refractivity contribution in [2.45, 2.75) is 10.6 Å². The highest BCUT2D eigenvalue weighted by Crippen LogP contribution is 2.31. The lowest BCUT2D eigenvalue weighted by Gasteiger charge is -2.34. The van der Waals surface area contributed by atoms with Crippen molar-refractivity contribution < 1.29 is 22.7 Å². The van der Waals surface area contributed by atoms with Crippen LogP contribution >= 0.6 is 11.8 Å². The predicted octanol–water partition coefficient (Wildman–Crippen LogP) is 2.34. The smallest absolute Gasteiger partial charge is 0.247 e. The van der Waals surface area contributed by atoms with Gasteiger partial charge in [0.15, 0.2) is 0 Å². The van der Waals surface area contributed by atoms with Crippen LogP contribution in [-0.2, 0) is 20.6 Å². The van der Waals surface area contributed by atoms with Crippen LogP contribution in [0.5, 0.6) is 11.5 Å². The minimum atomic E-state index is -3.78. The highest BCUT2D eigenvalue weighted by atomic mass is 32.2. The standard InChI is InChI=1S/C22H25N3O5S2/c1-29-19-7-8-20(30-2)21(13-19)32(27,28)25-11-9-24(10-12-25)22(26)16-31-15-18-5-3-17(14-23)4-6-18/h3-8,13H,9-12,15-16H2,1-2H3. The molecule has 8 nitrogen and oxygen atoms in total. The van der Waals surface area contributed by atoms with E-state index in [1.807, 2.05) is 12.1 Å². The number of ether oxygens (including phenoxy) is 2. The van der Waals surface area contributed by atoms with Gasteiger partial charge in [0.1, 0.15) is 16.4 Å². The van der Waals surface area contributed by atoms with Gasteiger partial charge in [0.05, 0.1) is 31.6 Å². The van der Waals surface area contributed by atoms with Gasteiger partial charge in [0, 0.05) is 38.0 Å². The van der Waals surface area contributed by atoms with Crippen molar-refractivity contribution in [2.24, 2.45) is 0 Å². The largest absolute Gasteiger partial charge is 0.497 e. The molecule has 0 atom stereocenters. The molecule has 2 aromatic rings. The molecule has 0 radical (unpaired) electrons. The first kappa shape index (κ1) is 23.9. The molecule has 0 saturated carbocycles. The van der Waals surface area contributed by atoms with E-state index in [4.69, 9.17) is 14.7 Å². The van der Waals surface area contributed by atoms with Crippen LogP contribution in [0.3, 0.4) is 0 Å². The molecule has 1 aliphatic rings. The fraction of sp³-hybridized carbons (Fsp3) is 0.364. The van der Waals surface area contributed by atoms with Crippen LogP contribution in [-0.4, -0.2) is 69.7 Å². The monoisotopic (exact) mass is 475 g/mol. The third kappa shape index (κ3) is 5.54. The Balaban J connectivity index is 1.55. The number of piperazine rings is 1. The van der Waals surface area contributed by atoms with Gasteiger partial charge in [-0.1, -0.05) is 12.1 Å². The number of carbonyl (C=O) groups is 1. The van der Waals surface area contributed by atoms with Gasteiger partial charge in [-0.25, -0.2) is 8.42 Å². The highest BCUT2D eigenvalue weighted by Gasteiger charge is 2.32. The Labute approximate surface area is 192 Å². The fourth-order valence-electron chi connectivity index (χ4n) is 3.33. The van der Waals surface area contributed by atoms with Crippen molar-refractivity contribution >= 4 is 27.7 Å². The molecule has 0 bridgehead atoms. The molecule has 1 heterocycles. The van der Waals surface area contributed by atoms with Crippen LogP contribution in [0.4, 0.5) is 0 Å². The van der Waals surface area contributed by atoms with E-state index in [1.165, 1.54) is 36.4 Å². The molecule has 1 saturated heterocycles. The first-order valence-corrected chi connectivity index (χ1v) is 12.5. The van der Waals surface area contributed by atoms with Crippen molar-refractivity contribution in [3.8, 4) is 17.6 Å². The van der Waals surface area contributed by atoms with Crippen molar-refractivity contribution in [3.63, 3.8) is 0 Å². The summed E-state index contributed by atoms with van der Waals surface area (Å²) in [4.78, 5) is 14.3. The molecule has 170 valence electrons. The Morgan fingerprint density at radius 2 is 1.75 bits per heavy atom. The SMILES string of the molecule is COc1ccc(OC)c(S(=O)(=O)N2CCN(C(=O)CSCc3ccc(C#N)cc3)CC2)c1. The molecule has 1 aliphatic heterocycles. The van der Waals surface area contributed by atoms with E-state index in [0.29, 0.717) is 35.9 Å². The zero-order valence-electron chi connectivity index (χ0n) is 18.0. The van der Waals surface area contributed by atoms with Crippen LogP contribution in [0.1, 0.15) is 11.1 Å². The minimum absolute atomic E-state index is 0.0142. The molecule has 1 amide bonds. The first-order chi connectivity index (χ1) is 15.4. The maximum Gasteiger partial charge on any atom is 0.247 e. The number of hydrogen-bond acceptors (Lipinski definition) is 7. The number of amides is 1. The van der Waals surface area contributed by atoms with Gasteiger partial charge in [-0.3, -0.25) is 4.79 Å². The molecule has 0 aromatic heterocycles. The Morgan fingerprint density at radius 3 is 2.34 bits per heavy atom. The summed E-state index contributed by atoms with van der Waals surface area (Å²) in [5.41, 5.74) is 1.65. The number of thioether (sulfide) groups is 1. The lowest BCUT2D eigenvalue weighted by atomic mass is 10.2. The second kappa shape index (κ2) is 10.7. The maximum atomic E-state index is 13.1. The van der Waals surface area contributed by atoms with Crippen molar-refractivity contribution in [1.29, 1.82) is 5.26 Å². The first-order valence-electron chi connectivity index (χ1n) is 9.95. The summed E-state index contributed by atoms with van der Waals surface area (Å²) in [7, 11) is -0.885. The van der Waals surface area contributed by atoms with Gasteiger partial charge < -0.3 is 14.4 Å². The van der Waals surface area contributed by atoms with E-state index in [0.717, 1.165) is 5.56 Å². The third-order valence-electron chi connectivity index (χ3n) is 5.16. The molecule has 0 unspecified atom stereocenters. The number of methoxy groups -OCH3 is 2. The normalized spacial score (nSPS) is 14.6. The molecule has 10 heteroatoms. The number of benzene rings is 2. The Morgan fingerprint density at radius 1 is 1.06 bits per heavy atom. The zero-order valence-corrected chi connectivity index (χ0v) is 19.6. The number of carbonyl (C=O) groups excluding carboxylic acids is 1. The summed E-state index contributed by atoms with van der Waals surface area (Å²) in [6.07, 6.45) is 0. The zero-order chi connectivity index (χ0) is 23.1. The molecule has 1 fully saturated rings. The molecule has 0 spiro atoms. The third-order valence-corrected chi connectivity index (χ3v) is 8.07. The van der Waals surface area contributed by atoms with E-state index in [9.17, 15) is 13.2 Å². The highest BCUT2D eigenvalue weighted by molar-refractivity contribution is 7.99. The van der Waals surface area contributed by atoms with Crippen LogP contribution in [0.2, 0.25) is 0 Å². The van der Waals surface area contributed by atoms with Crippen LogP contribution in [0.15, 0.2) is 47.4 Å². The van der Waals surface area contributed by atoms with Gasteiger partial charge in [0.25, 0.3) is 0 Å². The van der Waals surface area contributed by atoms with E-state index in [-0.39, 0.29) is 29.6 Å². The van der Waals surface area contributed by atoms with Crippen molar-refractivity contribution in [2.75, 3.05) is 46.2 Å². The van der Waals surface area contributed by atoms with E-state index in [2.05, 4.69) is 6.07 Å². The summed E-state index contributed by atoms with van der Waals surface area (Å²) < 4.78 is 38.1. The maximum absolute atomic E-state index is 13.1. The average Bonchev–Trinajstić information content (AvgIpc) is 2.84. The van der Waals surface area contributed by atoms with Crippen LogP contribution in [0.25, 0.3) is 0 Å². The fourth-order valence-corrected chi connectivity index (χ4v) is 5.81. The van der Waals surface area contributed by atoms with Crippen LogP contribution in [0, 0.1) is 11.3 Å². The Bertz CT molecular complexity index is 1090. The van der Waals surface area contributed by atoms with Crippen molar-refractivity contribution in [3.05, 3.63) is 53.6 Å². The molecule has 0 N–H and O–H groups in total. The second-order valence-corrected chi connectivity index (χ2v) is 10.00. The lowest BCUT2D eigenvalue weighted by Crippen LogP contribution is -2.51. The number of rotatable bonds is 8. The minimum Gasteiger partial charge on any atom is -0.497 e. The van der Waals surface area contributed by atoms with Gasteiger partial charge in [-0.05, 0) is 29.8 Å². The number of nitriles is 1. The lowest BCUT2D eigenvalue weighted by molar-refractivity contribution is -0.129. The summed E-state index contributed by atoms with van der Waals surface area (Å²) in [6.45, 7) is 1.10. The van der Waals surface area contributed by atoms with E-state index in [1.54, 1.807) is 29.2 Å².